The van der Waals surface area contributed by atoms with Crippen LogP contribution in [0.2, 0.25) is 0 Å². The average Bonchev–Trinajstić information content (AvgIpc) is 2.98. The molecule has 3 radical (unpaired) electrons. The highest BCUT2D eigenvalue weighted by Crippen LogP contribution is 2.35. The number of rotatable bonds is 7. The van der Waals surface area contributed by atoms with E-state index in [-0.39, 0.29) is 6.79 Å². The summed E-state index contributed by atoms with van der Waals surface area (Å²) in [6.45, 7) is 8.33. The summed E-state index contributed by atoms with van der Waals surface area (Å²) in [6.07, 6.45) is 9.27. The fraction of sp³-hybridized carbons (Fsp3) is 0.125. The highest BCUT2D eigenvalue weighted by Gasteiger charge is 2.15. The molecule has 103 valence electrons. The van der Waals surface area contributed by atoms with Crippen molar-refractivity contribution in [2.75, 3.05) is 18.1 Å². The number of fused-ring (bicyclic) bond motifs is 1. The zero-order chi connectivity index (χ0) is 15.1. The molecule has 0 saturated heterocycles. The Morgan fingerprint density at radius 3 is 2.81 bits per heavy atom. The first-order valence-electron chi connectivity index (χ1n) is 6.60. The molecule has 2 rings (SSSR count). The third-order valence-corrected chi connectivity index (χ3v) is 3.04. The summed E-state index contributed by atoms with van der Waals surface area (Å²) < 4.78 is 10.7. The maximum atomic E-state index is 5.74. The minimum atomic E-state index is 0.259. The monoisotopic (exact) mass is 276 g/mol. The molecule has 0 N–H and O–H groups in total. The molecule has 1 aromatic rings. The number of benzene rings is 1. The average molecular weight is 276 g/mol. The van der Waals surface area contributed by atoms with E-state index in [2.05, 4.69) is 13.2 Å². The summed E-state index contributed by atoms with van der Waals surface area (Å²) in [5.74, 6) is 1.49. The summed E-state index contributed by atoms with van der Waals surface area (Å²) in [5, 5.41) is 0. The summed E-state index contributed by atoms with van der Waals surface area (Å²) in [5.41, 5.74) is 1.97. The Kier molecular flexibility index (Phi) is 5.38. The second kappa shape index (κ2) is 7.48. The van der Waals surface area contributed by atoms with E-state index >= 15 is 0 Å². The number of hydrogen-bond donors (Lipinski definition) is 0. The van der Waals surface area contributed by atoms with Crippen LogP contribution in [-0.4, -0.2) is 28.4 Å². The Morgan fingerprint density at radius 1 is 1.29 bits per heavy atom. The maximum Gasteiger partial charge on any atom is 0.231 e. The third-order valence-electron chi connectivity index (χ3n) is 3.04. The normalized spacial score (nSPS) is 13.2. The smallest absolute Gasteiger partial charge is 0.231 e. The molecule has 1 aromatic carbocycles. The van der Waals surface area contributed by atoms with E-state index in [1.165, 1.54) is 7.31 Å². The molecule has 0 saturated carbocycles. The Morgan fingerprint density at radius 2 is 2.10 bits per heavy atom. The van der Waals surface area contributed by atoms with Gasteiger partial charge in [-0.15, -0.1) is 0 Å². The van der Waals surface area contributed by atoms with E-state index in [4.69, 9.17) is 17.2 Å². The van der Waals surface area contributed by atoms with Crippen molar-refractivity contribution in [1.29, 1.82) is 0 Å². The standard InChI is InChI=1S/C16H16B2NO2/c1-3-5-6-7-13(4-2)11-19(18-17)14-8-9-15-16(10-14)21-12-20-15/h3-10H,1-2,11-12H2/b6-5-,13-7+. The fourth-order valence-corrected chi connectivity index (χ4v) is 1.93. The molecule has 3 nitrogen and oxygen atoms in total. The van der Waals surface area contributed by atoms with E-state index in [1.807, 2.05) is 41.2 Å². The van der Waals surface area contributed by atoms with Crippen molar-refractivity contribution in [3.05, 3.63) is 67.3 Å². The molecule has 21 heavy (non-hydrogen) atoms. The zero-order valence-electron chi connectivity index (χ0n) is 11.9. The van der Waals surface area contributed by atoms with E-state index in [0.29, 0.717) is 6.54 Å². The van der Waals surface area contributed by atoms with Crippen LogP contribution in [0.15, 0.2) is 67.3 Å². The Balaban J connectivity index is 2.15. The zero-order valence-corrected chi connectivity index (χ0v) is 11.9. The largest absolute Gasteiger partial charge is 0.454 e. The van der Waals surface area contributed by atoms with E-state index in [0.717, 1.165) is 22.8 Å². The Hall–Kier alpha value is -2.29. The van der Waals surface area contributed by atoms with Crippen LogP contribution in [0.1, 0.15) is 0 Å². The molecule has 0 bridgehead atoms. The molecule has 0 aromatic heterocycles. The van der Waals surface area contributed by atoms with Gasteiger partial charge in [0.15, 0.2) is 18.8 Å². The highest BCUT2D eigenvalue weighted by molar-refractivity contribution is 6.91. The maximum absolute atomic E-state index is 5.74. The lowest BCUT2D eigenvalue weighted by molar-refractivity contribution is 0.174. The van der Waals surface area contributed by atoms with Crippen molar-refractivity contribution in [3.63, 3.8) is 0 Å². The molecule has 0 spiro atoms. The number of allylic oxidation sites excluding steroid dienone is 4. The van der Waals surface area contributed by atoms with Crippen molar-refractivity contribution in [3.8, 4) is 11.5 Å². The van der Waals surface area contributed by atoms with E-state index in [1.54, 1.807) is 12.2 Å². The summed E-state index contributed by atoms with van der Waals surface area (Å²) in [6, 6.07) is 5.73. The Bertz CT molecular complexity index is 582. The second-order valence-electron chi connectivity index (χ2n) is 4.38. The van der Waals surface area contributed by atoms with Gasteiger partial charge in [0.1, 0.15) is 0 Å². The molecule has 1 aliphatic rings. The van der Waals surface area contributed by atoms with Gasteiger partial charge in [-0.25, -0.2) is 0 Å². The lowest BCUT2D eigenvalue weighted by Crippen LogP contribution is -2.29. The SMILES string of the molecule is [B][B]N(C/C(C=C)=C/C=C\C=C)c1ccc2c(c1)OCO2. The molecule has 1 heterocycles. The lowest BCUT2D eigenvalue weighted by Gasteiger charge is -2.24. The van der Waals surface area contributed by atoms with Crippen LogP contribution in [0, 0.1) is 0 Å². The molecular weight excluding hydrogens is 260 g/mol. The fourth-order valence-electron chi connectivity index (χ4n) is 1.93. The molecule has 0 fully saturated rings. The van der Waals surface area contributed by atoms with Gasteiger partial charge in [0.05, 0.1) is 0 Å². The first kappa shape index (κ1) is 15.1. The third kappa shape index (κ3) is 3.85. The van der Waals surface area contributed by atoms with Gasteiger partial charge in [-0.1, -0.05) is 43.5 Å². The van der Waals surface area contributed by atoms with Gasteiger partial charge in [0, 0.05) is 26.0 Å². The first-order valence-corrected chi connectivity index (χ1v) is 6.60. The minimum Gasteiger partial charge on any atom is -0.454 e. The molecule has 1 aliphatic heterocycles. The van der Waals surface area contributed by atoms with Gasteiger partial charge >= 0.3 is 0 Å². The molecule has 5 heteroatoms. The van der Waals surface area contributed by atoms with Gasteiger partial charge in [-0.05, 0) is 17.7 Å². The topological polar surface area (TPSA) is 21.7 Å². The van der Waals surface area contributed by atoms with Crippen LogP contribution < -0.4 is 14.3 Å². The lowest BCUT2D eigenvalue weighted by atomic mass is 9.64. The number of nitrogens with zero attached hydrogens (tertiary/aromatic N) is 1. The van der Waals surface area contributed by atoms with Gasteiger partial charge in [0.2, 0.25) is 6.79 Å². The van der Waals surface area contributed by atoms with Crippen molar-refractivity contribution in [2.45, 2.75) is 0 Å². The van der Waals surface area contributed by atoms with Crippen molar-refractivity contribution >= 4 is 20.7 Å². The number of hydrogen-bond acceptors (Lipinski definition) is 3. The highest BCUT2D eigenvalue weighted by atomic mass is 16.7. The van der Waals surface area contributed by atoms with Crippen LogP contribution >= 0.6 is 0 Å². The summed E-state index contributed by atoms with van der Waals surface area (Å²) >= 11 is 0. The van der Waals surface area contributed by atoms with Crippen LogP contribution in [0.3, 0.4) is 0 Å². The van der Waals surface area contributed by atoms with Gasteiger partial charge in [0.25, 0.3) is 0 Å². The molecule has 0 amide bonds. The Labute approximate surface area is 127 Å². The molecule has 0 atom stereocenters. The summed E-state index contributed by atoms with van der Waals surface area (Å²) in [4.78, 5) is 1.91. The summed E-state index contributed by atoms with van der Waals surface area (Å²) in [7, 11) is 7.27. The van der Waals surface area contributed by atoms with Crippen molar-refractivity contribution in [2.24, 2.45) is 0 Å². The second-order valence-corrected chi connectivity index (χ2v) is 4.38. The van der Waals surface area contributed by atoms with Crippen LogP contribution in [0.4, 0.5) is 5.69 Å². The number of ether oxygens (including phenoxy) is 2. The van der Waals surface area contributed by atoms with Crippen LogP contribution in [0.25, 0.3) is 0 Å². The molecule has 0 unspecified atom stereocenters. The van der Waals surface area contributed by atoms with Gasteiger partial charge < -0.3 is 14.3 Å². The predicted octanol–water partition coefficient (Wildman–Crippen LogP) is 2.78. The molecule has 0 aliphatic carbocycles. The van der Waals surface area contributed by atoms with Crippen molar-refractivity contribution < 1.29 is 9.47 Å². The van der Waals surface area contributed by atoms with Crippen LogP contribution in [-0.2, 0) is 0 Å². The first-order chi connectivity index (χ1) is 10.3. The van der Waals surface area contributed by atoms with E-state index < -0.39 is 0 Å². The number of anilines is 1. The quantitative estimate of drug-likeness (QED) is 0.564. The van der Waals surface area contributed by atoms with Gasteiger partial charge in [-0.2, -0.15) is 0 Å². The van der Waals surface area contributed by atoms with Gasteiger partial charge in [-0.3, -0.25) is 0 Å². The van der Waals surface area contributed by atoms with Crippen LogP contribution in [0.5, 0.6) is 11.5 Å². The van der Waals surface area contributed by atoms with E-state index in [9.17, 15) is 0 Å². The predicted molar refractivity (Wildman–Crippen MR) is 89.0 cm³/mol. The van der Waals surface area contributed by atoms with Crippen molar-refractivity contribution in [1.82, 2.24) is 0 Å². The minimum absolute atomic E-state index is 0.259. The molecular formula is C16H16B2NO2.